The minimum atomic E-state index is -2.55. The third-order valence-corrected chi connectivity index (χ3v) is 8.16. The molecule has 38 heavy (non-hydrogen) atoms. The van der Waals surface area contributed by atoms with Gasteiger partial charge in [0.1, 0.15) is 11.8 Å². The van der Waals surface area contributed by atoms with E-state index in [4.69, 9.17) is 19.5 Å². The van der Waals surface area contributed by atoms with E-state index in [-0.39, 0.29) is 19.0 Å². The summed E-state index contributed by atoms with van der Waals surface area (Å²) < 4.78 is 29.9. The molecule has 1 unspecified atom stereocenters. The predicted molar refractivity (Wildman–Crippen MR) is 159 cm³/mol. The number of rotatable bonds is 24. The van der Waals surface area contributed by atoms with Crippen LogP contribution >= 0.6 is 20.0 Å². The molecule has 2 aromatic rings. The summed E-state index contributed by atoms with van der Waals surface area (Å²) in [7, 11) is -2.55. The molecule has 0 spiro atoms. The first-order valence-corrected chi connectivity index (χ1v) is 16.4. The van der Waals surface area contributed by atoms with E-state index in [0.29, 0.717) is 30.1 Å². The Balaban J connectivity index is 0.00000722. The third kappa shape index (κ3) is 15.4. The number of hydrogen-bond donors (Lipinski definition) is 2. The summed E-state index contributed by atoms with van der Waals surface area (Å²) in [5.41, 5.74) is 7.03. The average molecular weight is 575 g/mol. The van der Waals surface area contributed by atoms with Crippen LogP contribution in [0.1, 0.15) is 97.3 Å². The molecule has 0 aliphatic carbocycles. The Hall–Kier alpha value is -1.23. The van der Waals surface area contributed by atoms with E-state index in [1.54, 1.807) is 6.33 Å². The highest BCUT2D eigenvalue weighted by Crippen LogP contribution is 2.24. The van der Waals surface area contributed by atoms with Crippen LogP contribution in [0.5, 0.6) is 0 Å². The smallest absolute Gasteiger partial charge is 0.321 e. The van der Waals surface area contributed by atoms with E-state index < -0.39 is 8.25 Å². The number of unbranched alkanes of at least 4 members (excludes halogenated alkanes) is 11. The summed E-state index contributed by atoms with van der Waals surface area (Å²) in [5.74, 6) is 2.56. The summed E-state index contributed by atoms with van der Waals surface area (Å²) >= 11 is 1.95. The highest BCUT2D eigenvalue weighted by Gasteiger charge is 2.11. The fraction of sp³-hybridized carbons (Fsp3) is 0.808. The lowest BCUT2D eigenvalue weighted by atomic mass is 10.1. The molecule has 0 aromatic carbocycles. The predicted octanol–water partition coefficient (Wildman–Crippen LogP) is 7.18. The number of nitrogens with two attached hydrogens (primary N) is 1. The minimum absolute atomic E-state index is 0. The van der Waals surface area contributed by atoms with E-state index in [9.17, 15) is 4.57 Å². The Kier molecular flexibility index (Phi) is 20.7. The van der Waals surface area contributed by atoms with Gasteiger partial charge in [0, 0.05) is 0 Å². The van der Waals surface area contributed by atoms with E-state index in [1.807, 2.05) is 23.3 Å². The van der Waals surface area contributed by atoms with Crippen molar-refractivity contribution in [3.8, 4) is 0 Å². The minimum Gasteiger partial charge on any atom is -0.382 e. The molecule has 2 heterocycles. The highest BCUT2D eigenvalue weighted by atomic mass is 32.2. The molecule has 2 atom stereocenters. The van der Waals surface area contributed by atoms with Crippen LogP contribution < -0.4 is 11.9 Å². The van der Waals surface area contributed by atoms with Gasteiger partial charge in [-0.2, -0.15) is 11.8 Å². The average Bonchev–Trinajstić information content (AvgIpc) is 3.29. The Labute approximate surface area is 234 Å². The Morgan fingerprint density at radius 2 is 1.55 bits per heavy atom. The molecule has 0 aliphatic rings. The van der Waals surface area contributed by atoms with Gasteiger partial charge in [0.15, 0.2) is 18.3 Å². The molecule has 5 N–H and O–H groups in total. The summed E-state index contributed by atoms with van der Waals surface area (Å²) in [6.45, 7) is 5.03. The van der Waals surface area contributed by atoms with Gasteiger partial charge in [0.2, 0.25) is 0 Å². The standard InChI is InChI=1S/C26H48N5O4PS.H3N/c1-3-4-5-6-7-8-9-10-11-12-13-14-17-37-18-15-16-34-36(32)35-22-33-23(2)19-31-21-30-24-25(27)28-20-29-26(24)31;/h20-21,23,36H,3-19,22H2,1-2H3,(H2,27,28,29);1H3/t23-;/m1./s1. The molecule has 0 amide bonds. The molecular weight excluding hydrogens is 523 g/mol. The monoisotopic (exact) mass is 574 g/mol. The van der Waals surface area contributed by atoms with Gasteiger partial charge in [0.25, 0.3) is 0 Å². The second-order valence-electron chi connectivity index (χ2n) is 9.52. The van der Waals surface area contributed by atoms with Crippen molar-refractivity contribution in [1.29, 1.82) is 0 Å². The maximum Gasteiger partial charge on any atom is 0.321 e. The molecule has 10 nitrogen and oxygen atoms in total. The normalized spacial score (nSPS) is 13.0. The number of anilines is 1. The number of aromatic nitrogens is 4. The number of nitrogens with zero attached hydrogens (tertiary/aromatic N) is 4. The second-order valence-corrected chi connectivity index (χ2v) is 11.8. The van der Waals surface area contributed by atoms with Crippen LogP contribution in [-0.2, 0) is 24.9 Å². The third-order valence-electron chi connectivity index (χ3n) is 6.21. The first-order valence-electron chi connectivity index (χ1n) is 14.0. The van der Waals surface area contributed by atoms with Crippen LogP contribution in [-0.4, -0.2) is 50.5 Å². The van der Waals surface area contributed by atoms with E-state index in [2.05, 4.69) is 21.9 Å². The molecule has 2 rings (SSSR count). The zero-order chi connectivity index (χ0) is 26.6. The van der Waals surface area contributed by atoms with E-state index in [1.165, 1.54) is 89.1 Å². The Morgan fingerprint density at radius 3 is 2.24 bits per heavy atom. The quantitative estimate of drug-likeness (QED) is 0.0749. The van der Waals surface area contributed by atoms with Crippen molar-refractivity contribution in [2.75, 3.05) is 30.6 Å². The molecular formula is C26H51N6O4PS. The van der Waals surface area contributed by atoms with Crippen LogP contribution in [0.2, 0.25) is 0 Å². The fourth-order valence-corrected chi connectivity index (χ4v) is 5.56. The van der Waals surface area contributed by atoms with Crippen LogP contribution in [0.4, 0.5) is 5.82 Å². The lowest BCUT2D eigenvalue weighted by molar-refractivity contribution is -0.0367. The Morgan fingerprint density at radius 1 is 0.921 bits per heavy atom. The largest absolute Gasteiger partial charge is 0.382 e. The molecule has 220 valence electrons. The summed E-state index contributed by atoms with van der Waals surface area (Å²) in [4.78, 5) is 12.4. The van der Waals surface area contributed by atoms with Crippen molar-refractivity contribution in [1.82, 2.24) is 25.7 Å². The van der Waals surface area contributed by atoms with Crippen molar-refractivity contribution in [2.24, 2.45) is 0 Å². The topological polar surface area (TPSA) is 149 Å². The van der Waals surface area contributed by atoms with Gasteiger partial charge < -0.3 is 25.7 Å². The molecule has 0 radical (unpaired) electrons. The maximum absolute atomic E-state index is 11.9. The van der Waals surface area contributed by atoms with Crippen LogP contribution in [0, 0.1) is 0 Å². The van der Waals surface area contributed by atoms with E-state index >= 15 is 0 Å². The van der Waals surface area contributed by atoms with Crippen LogP contribution in [0.25, 0.3) is 11.2 Å². The molecule has 2 aromatic heterocycles. The van der Waals surface area contributed by atoms with Gasteiger partial charge in [-0.3, -0.25) is 9.09 Å². The number of thioether (sulfide) groups is 1. The maximum atomic E-state index is 11.9. The lowest BCUT2D eigenvalue weighted by Crippen LogP contribution is -2.17. The molecule has 0 saturated heterocycles. The van der Waals surface area contributed by atoms with Crippen molar-refractivity contribution >= 4 is 37.0 Å². The van der Waals surface area contributed by atoms with E-state index in [0.717, 1.165) is 12.2 Å². The number of nitrogen functional groups attached to an aromatic ring is 1. The van der Waals surface area contributed by atoms with Crippen LogP contribution in [0.15, 0.2) is 12.7 Å². The second kappa shape index (κ2) is 22.6. The first kappa shape index (κ1) is 34.8. The van der Waals surface area contributed by atoms with Gasteiger partial charge in [-0.1, -0.05) is 77.6 Å². The summed E-state index contributed by atoms with van der Waals surface area (Å²) in [6.07, 6.45) is 20.3. The van der Waals surface area contributed by atoms with Crippen molar-refractivity contribution in [3.63, 3.8) is 0 Å². The van der Waals surface area contributed by atoms with Crippen molar-refractivity contribution in [3.05, 3.63) is 12.7 Å². The fourth-order valence-electron chi connectivity index (χ4n) is 4.07. The highest BCUT2D eigenvalue weighted by molar-refractivity contribution is 7.99. The van der Waals surface area contributed by atoms with Crippen molar-refractivity contribution in [2.45, 2.75) is 110 Å². The summed E-state index contributed by atoms with van der Waals surface area (Å²) in [6, 6.07) is 0. The molecule has 12 heteroatoms. The number of imidazole rings is 1. The molecule has 0 aliphatic heterocycles. The number of ether oxygens (including phenoxy) is 1. The van der Waals surface area contributed by atoms with Gasteiger partial charge in [-0.05, 0) is 31.3 Å². The zero-order valence-electron chi connectivity index (χ0n) is 23.6. The van der Waals surface area contributed by atoms with Crippen molar-refractivity contribution < 1.29 is 18.3 Å². The SMILES string of the molecule is CCCCCCCCCCCCCCSCCCO[PH](=O)OCO[C@H](C)Cn1cnc2c(N)ncnc21.N. The van der Waals surface area contributed by atoms with Gasteiger partial charge >= 0.3 is 8.25 Å². The van der Waals surface area contributed by atoms with Gasteiger partial charge in [-0.15, -0.1) is 0 Å². The molecule has 0 saturated carbocycles. The lowest BCUT2D eigenvalue weighted by Gasteiger charge is -2.14. The number of hydrogen-bond acceptors (Lipinski definition) is 10. The zero-order valence-corrected chi connectivity index (χ0v) is 25.4. The first-order chi connectivity index (χ1) is 18.1. The number of fused-ring (bicyclic) bond motifs is 1. The van der Waals surface area contributed by atoms with Crippen LogP contribution in [0.3, 0.4) is 0 Å². The summed E-state index contributed by atoms with van der Waals surface area (Å²) in [5, 5.41) is 0. The molecule has 0 bridgehead atoms. The molecule has 0 fully saturated rings. The van der Waals surface area contributed by atoms with Gasteiger partial charge in [-0.25, -0.2) is 15.0 Å². The Bertz CT molecular complexity index is 875. The van der Waals surface area contributed by atoms with Gasteiger partial charge in [0.05, 0.1) is 25.6 Å².